The zero-order chi connectivity index (χ0) is 24.8. The molecule has 2 aliphatic rings. The van der Waals surface area contributed by atoms with Crippen LogP contribution < -0.4 is 24.8 Å². The molecule has 5 aromatic rings. The third-order valence-electron chi connectivity index (χ3n) is 8.04. The van der Waals surface area contributed by atoms with Gasteiger partial charge in [-0.2, -0.15) is 0 Å². The van der Waals surface area contributed by atoms with Crippen molar-refractivity contribution < 1.29 is 46.1 Å². The van der Waals surface area contributed by atoms with Crippen molar-refractivity contribution in [3.8, 4) is 11.1 Å². The monoisotopic (exact) mass is 620 g/mol. The minimum absolute atomic E-state index is 0. The van der Waals surface area contributed by atoms with Crippen molar-refractivity contribution >= 4 is 9.28 Å². The molecule has 39 heavy (non-hydrogen) atoms. The Labute approximate surface area is 251 Å². The van der Waals surface area contributed by atoms with Crippen molar-refractivity contribution in [1.29, 1.82) is 0 Å². The first kappa shape index (κ1) is 27.7. The predicted molar refractivity (Wildman–Crippen MR) is 153 cm³/mol. The van der Waals surface area contributed by atoms with Crippen molar-refractivity contribution in [2.24, 2.45) is 0 Å². The number of hydrogen-bond donors (Lipinski definition) is 0. The maximum atomic E-state index is 2.56. The van der Waals surface area contributed by atoms with Crippen LogP contribution in [-0.4, -0.2) is 3.21 Å². The van der Waals surface area contributed by atoms with Gasteiger partial charge in [0, 0.05) is 0 Å². The Hall–Kier alpha value is -2.83. The van der Waals surface area contributed by atoms with E-state index >= 15 is 0 Å². The Morgan fingerprint density at radius 2 is 1.03 bits per heavy atom. The number of halogens is 2. The zero-order valence-electron chi connectivity index (χ0n) is 21.7. The van der Waals surface area contributed by atoms with Gasteiger partial charge in [0.05, 0.1) is 0 Å². The summed E-state index contributed by atoms with van der Waals surface area (Å²) in [5.41, 5.74) is 13.0. The van der Waals surface area contributed by atoms with Crippen LogP contribution in [0.25, 0.3) is 17.2 Å². The second-order valence-electron chi connectivity index (χ2n) is 10.1. The van der Waals surface area contributed by atoms with Crippen LogP contribution in [0.5, 0.6) is 0 Å². The quantitative estimate of drug-likeness (QED) is 0.290. The van der Waals surface area contributed by atoms with Gasteiger partial charge in [-0.15, -0.1) is 0 Å². The topological polar surface area (TPSA) is 0 Å². The molecule has 0 amide bonds. The summed E-state index contributed by atoms with van der Waals surface area (Å²) in [5, 5.41) is 0. The number of allylic oxidation sites excluding steroid dienone is 1. The Balaban J connectivity index is 0.00000154. The molecule has 0 N–H and O–H groups in total. The Kier molecular flexibility index (Phi) is 8.34. The number of fused-ring (bicyclic) bond motifs is 4. The van der Waals surface area contributed by atoms with Gasteiger partial charge in [0.15, 0.2) is 0 Å². The molecule has 0 fully saturated rings. The third kappa shape index (κ3) is 4.76. The second kappa shape index (κ2) is 11.7. The zero-order valence-corrected chi connectivity index (χ0v) is 25.7. The number of rotatable bonds is 4. The third-order valence-corrected chi connectivity index (χ3v) is 16.8. The van der Waals surface area contributed by atoms with Gasteiger partial charge in [-0.25, -0.2) is 0 Å². The molecular formula is C36H28Cl2Zr. The Morgan fingerprint density at radius 3 is 1.59 bits per heavy atom. The second-order valence-corrected chi connectivity index (χ2v) is 16.5. The first-order valence-electron chi connectivity index (χ1n) is 13.1. The standard InChI is InChI=1S/C13H9.C13H10.C10H9.2ClH.Zr/c1-3-7-12-10(5-1)9-11-6-2-4-8-13(11)12;1-3-7-12(8-4-1)11-13-9-5-2-6-10-13;1-8-4-2-5-9-6-3-7-10(8)9;;;/h1-9H;1-10H;2-7H,1H3;2*1H;/q;;;;;+2/p-2. The Morgan fingerprint density at radius 1 is 0.538 bits per heavy atom. The van der Waals surface area contributed by atoms with Crippen LogP contribution in [0.4, 0.5) is 0 Å². The normalized spacial score (nSPS) is 14.2. The first-order chi connectivity index (χ1) is 18.3. The van der Waals surface area contributed by atoms with E-state index < -0.39 is 21.3 Å². The first-order valence-corrected chi connectivity index (χ1v) is 17.2. The van der Waals surface area contributed by atoms with Gasteiger partial charge in [-0.3, -0.25) is 0 Å². The van der Waals surface area contributed by atoms with Crippen LogP contribution in [0.1, 0.15) is 46.2 Å². The van der Waals surface area contributed by atoms with Gasteiger partial charge in [-0.1, -0.05) is 0 Å². The average Bonchev–Trinajstić information content (AvgIpc) is 3.53. The molecule has 7 rings (SSSR count). The molecule has 0 saturated carbocycles. The molecular weight excluding hydrogens is 595 g/mol. The van der Waals surface area contributed by atoms with Gasteiger partial charge < -0.3 is 24.8 Å². The fourth-order valence-electron chi connectivity index (χ4n) is 6.45. The summed E-state index contributed by atoms with van der Waals surface area (Å²) in [4.78, 5) is 0. The summed E-state index contributed by atoms with van der Waals surface area (Å²) in [7, 11) is 0. The van der Waals surface area contributed by atoms with Crippen LogP contribution in [-0.2, 0) is 21.3 Å². The maximum Gasteiger partial charge on any atom is -1.00 e. The summed E-state index contributed by atoms with van der Waals surface area (Å²) in [5.74, 6) is 0. The van der Waals surface area contributed by atoms with Gasteiger partial charge in [0.1, 0.15) is 0 Å². The van der Waals surface area contributed by atoms with E-state index in [-0.39, 0.29) is 24.8 Å². The largest absolute Gasteiger partial charge is 1.00 e. The minimum Gasteiger partial charge on any atom is -1.00 e. The van der Waals surface area contributed by atoms with E-state index in [0.29, 0.717) is 7.25 Å². The van der Waals surface area contributed by atoms with Crippen LogP contribution in [0, 0.1) is 6.92 Å². The summed E-state index contributed by atoms with van der Waals surface area (Å²) in [6, 6.07) is 47.8. The van der Waals surface area contributed by atoms with Crippen molar-refractivity contribution in [3.63, 3.8) is 0 Å². The van der Waals surface area contributed by atoms with Crippen LogP contribution >= 0.6 is 0 Å². The summed E-state index contributed by atoms with van der Waals surface area (Å²) in [6.07, 6.45) is 4.97. The van der Waals surface area contributed by atoms with Gasteiger partial charge >= 0.3 is 228 Å². The fraction of sp³-hybridized carbons (Fsp3) is 0.0833. The van der Waals surface area contributed by atoms with E-state index in [1.807, 2.05) is 0 Å². The number of aryl methyl sites for hydroxylation is 1. The molecule has 0 saturated heterocycles. The van der Waals surface area contributed by atoms with Crippen molar-refractivity contribution in [1.82, 2.24) is 0 Å². The van der Waals surface area contributed by atoms with Crippen molar-refractivity contribution in [2.45, 2.75) is 14.2 Å². The molecule has 0 radical (unpaired) electrons. The summed E-state index contributed by atoms with van der Waals surface area (Å²) < 4.78 is 2.53. The molecule has 0 heterocycles. The molecule has 1 atom stereocenters. The number of hydrogen-bond acceptors (Lipinski definition) is 0. The van der Waals surface area contributed by atoms with E-state index in [4.69, 9.17) is 0 Å². The molecule has 0 aliphatic heterocycles. The van der Waals surface area contributed by atoms with E-state index in [1.165, 1.54) is 50.1 Å². The molecule has 1 unspecified atom stereocenters. The number of benzene rings is 5. The predicted octanol–water partition coefficient (Wildman–Crippen LogP) is 2.73. The minimum atomic E-state index is -2.66. The molecule has 0 bridgehead atoms. The fourth-order valence-corrected chi connectivity index (χ4v) is 16.3. The van der Waals surface area contributed by atoms with Crippen molar-refractivity contribution in [3.05, 3.63) is 172 Å². The summed E-state index contributed by atoms with van der Waals surface area (Å²) in [6.45, 7) is 2.26. The SMILES string of the molecule is Cc1cccc2c1C=C[CH]2[Zr+2](=[C](c1ccccc1)c1ccccc1)[CH]1c2ccccc2-c2ccccc21.[Cl-].[Cl-]. The van der Waals surface area contributed by atoms with Crippen molar-refractivity contribution in [2.75, 3.05) is 0 Å². The van der Waals surface area contributed by atoms with E-state index in [0.717, 1.165) is 0 Å². The molecule has 2 aliphatic carbocycles. The van der Waals surface area contributed by atoms with Crippen LogP contribution in [0.3, 0.4) is 0 Å². The Bertz CT molecular complexity index is 1600. The van der Waals surface area contributed by atoms with E-state index in [1.54, 1.807) is 3.21 Å². The van der Waals surface area contributed by atoms with Crippen LogP contribution in [0.15, 0.2) is 133 Å². The molecule has 0 spiro atoms. The van der Waals surface area contributed by atoms with E-state index in [2.05, 4.69) is 146 Å². The molecule has 5 aromatic carbocycles. The summed E-state index contributed by atoms with van der Waals surface area (Å²) >= 11 is -2.66. The smallest absolute Gasteiger partial charge is 1.00 e. The average molecular weight is 623 g/mol. The molecule has 3 heteroatoms. The molecule has 190 valence electrons. The van der Waals surface area contributed by atoms with Gasteiger partial charge in [0.25, 0.3) is 0 Å². The van der Waals surface area contributed by atoms with Gasteiger partial charge in [-0.05, 0) is 0 Å². The molecule has 0 nitrogen and oxygen atoms in total. The van der Waals surface area contributed by atoms with Crippen LogP contribution in [0.2, 0.25) is 0 Å². The van der Waals surface area contributed by atoms with E-state index in [9.17, 15) is 0 Å². The molecule has 0 aromatic heterocycles. The maximum absolute atomic E-state index is 2.66. The van der Waals surface area contributed by atoms with Gasteiger partial charge in [0.2, 0.25) is 0 Å².